The molecule has 0 aliphatic rings. The van der Waals surface area contributed by atoms with E-state index in [1.54, 1.807) is 0 Å². The molecule has 10 heteroatoms. The fourth-order valence-electron chi connectivity index (χ4n) is 10.6. The minimum Gasteiger partial charge on any atom is -0.462 e. The Balaban J connectivity index is 4.01. The van der Waals surface area contributed by atoms with Gasteiger partial charge in [0, 0.05) is 12.8 Å². The van der Waals surface area contributed by atoms with E-state index in [1.807, 2.05) is 21.1 Å². The molecule has 2 atom stereocenters. The fourth-order valence-corrected chi connectivity index (χ4v) is 11.3. The zero-order valence-electron chi connectivity index (χ0n) is 61.4. The molecule has 0 bridgehead atoms. The number of allylic oxidation sites excluding steroid dienone is 24. The van der Waals surface area contributed by atoms with Crippen molar-refractivity contribution in [2.75, 3.05) is 47.5 Å². The number of likely N-dealkylation sites (N-methyl/N-ethyl adjacent to an activating group) is 1. The van der Waals surface area contributed by atoms with Crippen LogP contribution >= 0.6 is 7.82 Å². The van der Waals surface area contributed by atoms with Crippen molar-refractivity contribution in [3.05, 3.63) is 146 Å². The van der Waals surface area contributed by atoms with Gasteiger partial charge in [-0.2, -0.15) is 0 Å². The van der Waals surface area contributed by atoms with Gasteiger partial charge in [0.1, 0.15) is 19.8 Å². The highest BCUT2D eigenvalue weighted by Gasteiger charge is 2.27. The second-order valence-corrected chi connectivity index (χ2v) is 28.1. The lowest BCUT2D eigenvalue weighted by Crippen LogP contribution is -2.37. The van der Waals surface area contributed by atoms with Crippen LogP contribution in [0, 0.1) is 0 Å². The number of rotatable bonds is 70. The molecule has 0 aromatic heterocycles. The molecule has 0 aromatic carbocycles. The summed E-state index contributed by atoms with van der Waals surface area (Å²) in [7, 11) is 1.46. The number of hydrogen-bond donors (Lipinski definition) is 1. The molecule has 0 saturated heterocycles. The minimum absolute atomic E-state index is 0.0232. The number of ether oxygens (including phenoxy) is 2. The molecule has 9 nitrogen and oxygen atoms in total. The van der Waals surface area contributed by atoms with Gasteiger partial charge in [-0.05, 0) is 116 Å². The second-order valence-electron chi connectivity index (χ2n) is 26.6. The van der Waals surface area contributed by atoms with E-state index in [2.05, 4.69) is 160 Å². The van der Waals surface area contributed by atoms with Crippen LogP contribution < -0.4 is 0 Å². The number of esters is 2. The summed E-state index contributed by atoms with van der Waals surface area (Å²) in [5.74, 6) is -0.811. The monoisotopic (exact) mass is 1330 g/mol. The first kappa shape index (κ1) is 89.9. The fraction of sp³-hybridized carbons (Fsp3) is 0.690. The molecule has 0 aliphatic heterocycles. The van der Waals surface area contributed by atoms with E-state index in [0.717, 1.165) is 135 Å². The van der Waals surface area contributed by atoms with Crippen molar-refractivity contribution >= 4 is 19.8 Å². The predicted molar refractivity (Wildman–Crippen MR) is 408 cm³/mol. The average Bonchev–Trinajstić information content (AvgIpc) is 1.66. The maximum atomic E-state index is 12.9. The summed E-state index contributed by atoms with van der Waals surface area (Å²) in [5.41, 5.74) is 0. The van der Waals surface area contributed by atoms with E-state index in [-0.39, 0.29) is 32.0 Å². The van der Waals surface area contributed by atoms with E-state index in [0.29, 0.717) is 17.4 Å². The Labute approximate surface area is 580 Å². The Morgan fingerprint density at radius 2 is 0.574 bits per heavy atom. The standard InChI is InChI=1S/C84H144NO8P/c1-6-8-10-12-14-16-18-20-22-24-26-28-30-32-34-36-38-39-40-41-42-43-44-45-47-48-50-52-54-56-58-60-62-64-66-68-70-72-74-76-83(86)90-80-82(81-92-94(88,89)91-79-78-85(3,4)5)93-84(87)77-75-73-71-69-67-65-63-61-59-57-55-53-51-49-46-37-35-33-31-29-27-25-23-21-19-17-15-13-11-9-7-2/h8-11,14-17,20-23,26-29,33,35,46,49,53,55,59,61,82H,6-7,12-13,18-19,24-25,30-32,34,36-45,47-48,50-52,54,56-58,60,62-81H2,1-5H3/p+1/b10-8-,11-9-,16-14-,17-15-,22-20-,23-21-,28-26-,29-27-,35-33-,49-46-,55-53-,61-59-. The summed E-state index contributed by atoms with van der Waals surface area (Å²) < 4.78 is 34.8. The first-order chi connectivity index (χ1) is 46.0. The van der Waals surface area contributed by atoms with Crippen molar-refractivity contribution in [1.82, 2.24) is 0 Å². The SMILES string of the molecule is CC/C=C\C/C=C\C/C=C\C/C=C\C/C=C\C/C=C\C/C=C\C/C=C\CCCCCCCCC(=O)OC(COC(=O)CCCCCCCCCCCCCCCCCCCCCCCCCCCC/C=C\C/C=C\C/C=C\C/C=C\CC)COP(=O)(O)OCC[N+](C)(C)C. The molecule has 0 saturated carbocycles. The van der Waals surface area contributed by atoms with Crippen LogP contribution in [0.2, 0.25) is 0 Å². The lowest BCUT2D eigenvalue weighted by molar-refractivity contribution is -0.870. The maximum Gasteiger partial charge on any atom is 0.472 e. The zero-order valence-corrected chi connectivity index (χ0v) is 62.3. The quantitative estimate of drug-likeness (QED) is 0.0211. The molecule has 1 N–H and O–H groups in total. The summed E-state index contributed by atoms with van der Waals surface area (Å²) in [6, 6.07) is 0. The molecule has 0 spiro atoms. The van der Waals surface area contributed by atoms with Crippen molar-refractivity contribution in [2.24, 2.45) is 0 Å². The smallest absolute Gasteiger partial charge is 0.462 e. The number of quaternary nitrogens is 1. The van der Waals surface area contributed by atoms with Gasteiger partial charge in [-0.25, -0.2) is 4.57 Å². The average molecular weight is 1330 g/mol. The van der Waals surface area contributed by atoms with Crippen LogP contribution in [0.25, 0.3) is 0 Å². The van der Waals surface area contributed by atoms with Crippen molar-refractivity contribution in [3.63, 3.8) is 0 Å². The van der Waals surface area contributed by atoms with Gasteiger partial charge in [-0.15, -0.1) is 0 Å². The molecule has 0 aromatic rings. The number of carbonyl (C=O) groups is 2. The first-order valence-electron chi connectivity index (χ1n) is 38.6. The van der Waals surface area contributed by atoms with Gasteiger partial charge in [0.25, 0.3) is 0 Å². The summed E-state index contributed by atoms with van der Waals surface area (Å²) in [4.78, 5) is 36.0. The number of hydrogen-bond acceptors (Lipinski definition) is 7. The predicted octanol–water partition coefficient (Wildman–Crippen LogP) is 25.7. The van der Waals surface area contributed by atoms with Crippen molar-refractivity contribution in [2.45, 2.75) is 328 Å². The molecule has 94 heavy (non-hydrogen) atoms. The third-order valence-electron chi connectivity index (χ3n) is 16.4. The normalized spacial score (nSPS) is 13.9. The molecule has 0 rings (SSSR count). The molecule has 2 unspecified atom stereocenters. The van der Waals surface area contributed by atoms with Crippen LogP contribution in [0.3, 0.4) is 0 Å². The molecular formula is C84H145NO8P+. The Hall–Kier alpha value is -4.11. The highest BCUT2D eigenvalue weighted by Crippen LogP contribution is 2.43. The van der Waals surface area contributed by atoms with E-state index >= 15 is 0 Å². The van der Waals surface area contributed by atoms with E-state index in [4.69, 9.17) is 18.5 Å². The first-order valence-corrected chi connectivity index (χ1v) is 40.1. The van der Waals surface area contributed by atoms with E-state index in [9.17, 15) is 19.0 Å². The number of unbranched alkanes of at least 4 members (excludes halogenated alkanes) is 32. The highest BCUT2D eigenvalue weighted by atomic mass is 31.2. The van der Waals surface area contributed by atoms with Crippen LogP contribution in [0.15, 0.2) is 146 Å². The van der Waals surface area contributed by atoms with Crippen molar-refractivity contribution in [1.29, 1.82) is 0 Å². The van der Waals surface area contributed by atoms with Gasteiger partial charge in [0.05, 0.1) is 27.7 Å². The van der Waals surface area contributed by atoms with Crippen molar-refractivity contribution in [3.8, 4) is 0 Å². The Morgan fingerprint density at radius 3 is 0.851 bits per heavy atom. The van der Waals surface area contributed by atoms with Gasteiger partial charge in [-0.1, -0.05) is 339 Å². The van der Waals surface area contributed by atoms with Crippen LogP contribution in [0.5, 0.6) is 0 Å². The molecule has 0 radical (unpaired) electrons. The van der Waals surface area contributed by atoms with Gasteiger partial charge in [-0.3, -0.25) is 18.6 Å². The third kappa shape index (κ3) is 76.9. The van der Waals surface area contributed by atoms with Gasteiger partial charge in [0.2, 0.25) is 0 Å². The molecule has 0 amide bonds. The Bertz CT molecular complexity index is 2100. The topological polar surface area (TPSA) is 108 Å². The molecule has 0 heterocycles. The van der Waals surface area contributed by atoms with E-state index < -0.39 is 26.5 Å². The lowest BCUT2D eigenvalue weighted by atomic mass is 10.0. The summed E-state index contributed by atoms with van der Waals surface area (Å²) >= 11 is 0. The minimum atomic E-state index is -4.41. The van der Waals surface area contributed by atoms with Gasteiger partial charge >= 0.3 is 19.8 Å². The van der Waals surface area contributed by atoms with Crippen LogP contribution in [0.4, 0.5) is 0 Å². The lowest BCUT2D eigenvalue weighted by Gasteiger charge is -2.24. The van der Waals surface area contributed by atoms with Crippen LogP contribution in [-0.4, -0.2) is 74.9 Å². The third-order valence-corrected chi connectivity index (χ3v) is 17.3. The number of phosphoric ester groups is 1. The second kappa shape index (κ2) is 73.1. The maximum absolute atomic E-state index is 12.9. The van der Waals surface area contributed by atoms with Crippen molar-refractivity contribution < 1.29 is 42.1 Å². The Kier molecular flexibility index (Phi) is 69.9. The van der Waals surface area contributed by atoms with E-state index in [1.165, 1.54) is 154 Å². The Morgan fingerprint density at radius 1 is 0.330 bits per heavy atom. The highest BCUT2D eigenvalue weighted by molar-refractivity contribution is 7.47. The summed E-state index contributed by atoms with van der Waals surface area (Å²) in [6.07, 6.45) is 108. The van der Waals surface area contributed by atoms with Gasteiger partial charge in [0.15, 0.2) is 6.10 Å². The molecular weight excluding hydrogens is 1180 g/mol. The van der Waals surface area contributed by atoms with Gasteiger partial charge < -0.3 is 18.9 Å². The summed E-state index contributed by atoms with van der Waals surface area (Å²) in [5, 5.41) is 0. The largest absolute Gasteiger partial charge is 0.472 e. The molecule has 538 valence electrons. The molecule has 0 aliphatic carbocycles. The number of carbonyl (C=O) groups excluding carboxylic acids is 2. The zero-order chi connectivity index (χ0) is 68.3. The van der Waals surface area contributed by atoms with Crippen LogP contribution in [0.1, 0.15) is 322 Å². The number of nitrogens with zero attached hydrogens (tertiary/aromatic N) is 1. The van der Waals surface area contributed by atoms with Crippen LogP contribution in [-0.2, 0) is 32.7 Å². The molecule has 0 fully saturated rings. The summed E-state index contributed by atoms with van der Waals surface area (Å²) in [6.45, 7) is 4.21. The number of phosphoric acid groups is 1.